The first-order valence-electron chi connectivity index (χ1n) is 13.6. The molecule has 3 heterocycles. The molecule has 0 saturated carbocycles. The first kappa shape index (κ1) is 30.6. The molecule has 39 heavy (non-hydrogen) atoms. The van der Waals surface area contributed by atoms with Crippen molar-refractivity contribution in [1.29, 1.82) is 0 Å². The summed E-state index contributed by atoms with van der Waals surface area (Å²) in [6, 6.07) is 7.58. The topological polar surface area (TPSA) is 120 Å². The summed E-state index contributed by atoms with van der Waals surface area (Å²) < 4.78 is 12.3. The van der Waals surface area contributed by atoms with Gasteiger partial charge in [0.1, 0.15) is 5.60 Å². The summed E-state index contributed by atoms with van der Waals surface area (Å²) in [7, 11) is -2.03. The summed E-state index contributed by atoms with van der Waals surface area (Å²) in [6.07, 6.45) is 4.15. The summed E-state index contributed by atoms with van der Waals surface area (Å²) in [4.78, 5) is 35.8. The van der Waals surface area contributed by atoms with Crippen molar-refractivity contribution in [2.75, 3.05) is 25.0 Å². The summed E-state index contributed by atoms with van der Waals surface area (Å²) in [5.74, 6) is -0.567. The molecule has 2 aromatic heterocycles. The Morgan fingerprint density at radius 1 is 1.13 bits per heavy atom. The lowest BCUT2D eigenvalue weighted by Crippen LogP contribution is -2.53. The van der Waals surface area contributed by atoms with Crippen molar-refractivity contribution in [1.82, 2.24) is 14.9 Å². The van der Waals surface area contributed by atoms with Gasteiger partial charge >= 0.3 is 6.09 Å². The number of nitrogens with one attached hydrogen (secondary N) is 1. The third-order valence-corrected chi connectivity index (χ3v) is 12.0. The Morgan fingerprint density at radius 3 is 2.44 bits per heavy atom. The second-order valence-corrected chi connectivity index (χ2v) is 17.7. The van der Waals surface area contributed by atoms with Gasteiger partial charge in [0, 0.05) is 61.9 Å². The molecule has 2 aromatic rings. The van der Waals surface area contributed by atoms with Gasteiger partial charge in [0.05, 0.1) is 11.3 Å². The van der Waals surface area contributed by atoms with Crippen LogP contribution in [-0.4, -0.2) is 66.5 Å². The summed E-state index contributed by atoms with van der Waals surface area (Å²) in [5.41, 5.74) is 7.78. The van der Waals surface area contributed by atoms with Crippen molar-refractivity contribution in [2.45, 2.75) is 84.2 Å². The zero-order chi connectivity index (χ0) is 29.0. The van der Waals surface area contributed by atoms with Crippen LogP contribution in [0, 0.1) is 5.92 Å². The van der Waals surface area contributed by atoms with Crippen LogP contribution < -0.4 is 11.1 Å². The van der Waals surface area contributed by atoms with Crippen LogP contribution >= 0.6 is 0 Å². The molecule has 1 fully saturated rings. The van der Waals surface area contributed by atoms with E-state index in [9.17, 15) is 9.59 Å². The molecule has 1 saturated heterocycles. The Balaban J connectivity index is 1.86. The maximum absolute atomic E-state index is 12.9. The van der Waals surface area contributed by atoms with E-state index < -0.39 is 19.8 Å². The Morgan fingerprint density at radius 2 is 1.85 bits per heavy atom. The third-order valence-electron chi connectivity index (χ3n) is 7.51. The second kappa shape index (κ2) is 12.0. The number of rotatable bonds is 8. The predicted octanol–water partition coefficient (Wildman–Crippen LogP) is 5.23. The molecule has 0 bridgehead atoms. The number of carbonyl (C=O) groups is 2. The largest absolute Gasteiger partial charge is 0.444 e. The summed E-state index contributed by atoms with van der Waals surface area (Å²) >= 11 is 0. The normalized spacial score (nSPS) is 18.5. The molecule has 1 aliphatic rings. The average molecular weight is 556 g/mol. The second-order valence-electron chi connectivity index (χ2n) is 12.9. The van der Waals surface area contributed by atoms with E-state index in [0.29, 0.717) is 43.8 Å². The molecule has 0 aliphatic carbocycles. The minimum absolute atomic E-state index is 0.0199. The predicted molar refractivity (Wildman–Crippen MR) is 156 cm³/mol. The standard InChI is InChI=1S/C29H45N5O4Si/c1-28(2,3)38-27(36)34-14-12-24(20(18-34)19-37-39(7,8)29(4,5)6)33-25-16-22(32-17-23(25)26(30)35)15-21-11-9-10-13-31-21/h9-11,13,16-17,20,24H,12,14-15,18-19H2,1-8H3,(H2,30,35)(H,32,33)/t20-,24-/m1/s1. The Kier molecular flexibility index (Phi) is 9.43. The Labute approximate surface area is 234 Å². The minimum Gasteiger partial charge on any atom is -0.444 e. The van der Waals surface area contributed by atoms with Crippen LogP contribution in [0.2, 0.25) is 18.1 Å². The van der Waals surface area contributed by atoms with E-state index in [2.05, 4.69) is 49.1 Å². The van der Waals surface area contributed by atoms with Gasteiger partial charge in [0.2, 0.25) is 0 Å². The van der Waals surface area contributed by atoms with Gasteiger partial charge in [-0.2, -0.15) is 0 Å². The van der Waals surface area contributed by atoms with Gasteiger partial charge in [-0.25, -0.2) is 4.79 Å². The highest BCUT2D eigenvalue weighted by atomic mass is 28.4. The number of amides is 2. The smallest absolute Gasteiger partial charge is 0.410 e. The minimum atomic E-state index is -2.03. The van der Waals surface area contributed by atoms with E-state index in [-0.39, 0.29) is 23.1 Å². The van der Waals surface area contributed by atoms with E-state index in [1.165, 1.54) is 6.20 Å². The van der Waals surface area contributed by atoms with Crippen molar-refractivity contribution in [3.05, 3.63) is 53.6 Å². The zero-order valence-electron chi connectivity index (χ0n) is 24.7. The van der Waals surface area contributed by atoms with Gasteiger partial charge in [-0.3, -0.25) is 14.8 Å². The number of primary amides is 1. The average Bonchev–Trinajstić information content (AvgIpc) is 2.82. The molecule has 2 amide bonds. The molecule has 2 atom stereocenters. The molecule has 3 rings (SSSR count). The highest BCUT2D eigenvalue weighted by Crippen LogP contribution is 2.37. The van der Waals surface area contributed by atoms with Crippen LogP contribution in [0.1, 0.15) is 69.7 Å². The quantitative estimate of drug-likeness (QED) is 0.428. The number of nitrogens with zero attached hydrogens (tertiary/aromatic N) is 3. The van der Waals surface area contributed by atoms with Gasteiger partial charge < -0.3 is 25.1 Å². The molecule has 1 aliphatic heterocycles. The Hall–Kier alpha value is -2.98. The van der Waals surface area contributed by atoms with Crippen LogP contribution in [0.4, 0.5) is 10.5 Å². The fourth-order valence-corrected chi connectivity index (χ4v) is 5.28. The molecular formula is C29H45N5O4Si. The SMILES string of the molecule is CC(C)(C)OC(=O)N1CC[C@@H](Nc2cc(Cc3ccccn3)ncc2C(N)=O)[C@@H](CO[Si](C)(C)C(C)(C)C)C1. The van der Waals surface area contributed by atoms with Crippen molar-refractivity contribution >= 4 is 26.0 Å². The lowest BCUT2D eigenvalue weighted by molar-refractivity contribution is 0.0121. The number of hydrogen-bond acceptors (Lipinski definition) is 7. The number of anilines is 1. The fourth-order valence-electron chi connectivity index (χ4n) is 4.21. The van der Waals surface area contributed by atoms with Crippen LogP contribution in [-0.2, 0) is 15.6 Å². The number of pyridine rings is 2. The molecule has 0 spiro atoms. The van der Waals surface area contributed by atoms with E-state index in [0.717, 1.165) is 11.4 Å². The summed E-state index contributed by atoms with van der Waals surface area (Å²) in [6.45, 7) is 18.2. The molecule has 0 radical (unpaired) electrons. The number of nitrogens with two attached hydrogens (primary N) is 1. The van der Waals surface area contributed by atoms with Gasteiger partial charge in [-0.15, -0.1) is 0 Å². The Bertz CT molecular complexity index is 1140. The van der Waals surface area contributed by atoms with Crippen molar-refractivity contribution < 1.29 is 18.8 Å². The van der Waals surface area contributed by atoms with Crippen LogP contribution in [0.25, 0.3) is 0 Å². The zero-order valence-corrected chi connectivity index (χ0v) is 25.7. The van der Waals surface area contributed by atoms with Gasteiger partial charge in [-0.05, 0) is 63.5 Å². The molecule has 0 aromatic carbocycles. The third kappa shape index (κ3) is 8.50. The molecule has 9 nitrogen and oxygen atoms in total. The number of hydrogen-bond donors (Lipinski definition) is 2. The molecule has 10 heteroatoms. The highest BCUT2D eigenvalue weighted by Gasteiger charge is 2.40. The number of carbonyl (C=O) groups excluding carboxylic acids is 2. The lowest BCUT2D eigenvalue weighted by atomic mass is 9.92. The van der Waals surface area contributed by atoms with E-state index in [1.807, 2.05) is 45.0 Å². The van der Waals surface area contributed by atoms with E-state index in [1.54, 1.807) is 11.1 Å². The molecular weight excluding hydrogens is 510 g/mol. The first-order valence-corrected chi connectivity index (χ1v) is 16.5. The molecule has 214 valence electrons. The maximum atomic E-state index is 12.9. The van der Waals surface area contributed by atoms with E-state index >= 15 is 0 Å². The van der Waals surface area contributed by atoms with Gasteiger partial charge in [-0.1, -0.05) is 26.8 Å². The maximum Gasteiger partial charge on any atom is 0.410 e. The highest BCUT2D eigenvalue weighted by molar-refractivity contribution is 6.74. The van der Waals surface area contributed by atoms with Crippen LogP contribution in [0.5, 0.6) is 0 Å². The van der Waals surface area contributed by atoms with Gasteiger partial charge in [0.25, 0.3) is 5.91 Å². The number of aromatic nitrogens is 2. The number of ether oxygens (including phenoxy) is 1. The lowest BCUT2D eigenvalue weighted by Gasteiger charge is -2.42. The van der Waals surface area contributed by atoms with Crippen LogP contribution in [0.15, 0.2) is 36.7 Å². The molecule has 0 unspecified atom stereocenters. The number of piperidine rings is 1. The summed E-state index contributed by atoms with van der Waals surface area (Å²) in [5, 5.41) is 3.64. The first-order chi connectivity index (χ1) is 18.1. The van der Waals surface area contributed by atoms with Crippen molar-refractivity contribution in [3.63, 3.8) is 0 Å². The van der Waals surface area contributed by atoms with Crippen molar-refractivity contribution in [3.8, 4) is 0 Å². The monoisotopic (exact) mass is 555 g/mol. The molecule has 3 N–H and O–H groups in total. The van der Waals surface area contributed by atoms with Crippen molar-refractivity contribution in [2.24, 2.45) is 11.7 Å². The fraction of sp³-hybridized carbons (Fsp3) is 0.586. The van der Waals surface area contributed by atoms with E-state index in [4.69, 9.17) is 14.9 Å². The number of likely N-dealkylation sites (tertiary alicyclic amines) is 1. The van der Waals surface area contributed by atoms with Crippen LogP contribution in [0.3, 0.4) is 0 Å². The van der Waals surface area contributed by atoms with Gasteiger partial charge in [0.15, 0.2) is 8.32 Å².